The lowest BCUT2D eigenvalue weighted by Gasteiger charge is -2.32. The fourth-order valence-corrected chi connectivity index (χ4v) is 1.25. The largest absolute Gasteiger partial charge is 0.389 e. The minimum absolute atomic E-state index is 0.305. The SMILES string of the molecule is CC(C)(N)C(C)(C)O.[B]C(=C/C)/C(C)=C(F)\C(=C/C)C(O)CC. The van der Waals surface area contributed by atoms with E-state index in [9.17, 15) is 14.6 Å². The van der Waals surface area contributed by atoms with Crippen LogP contribution in [0.4, 0.5) is 4.39 Å². The first kappa shape index (κ1) is 24.3. The van der Waals surface area contributed by atoms with Gasteiger partial charge in [0.25, 0.3) is 0 Å². The van der Waals surface area contributed by atoms with Crippen molar-refractivity contribution in [1.82, 2.24) is 0 Å². The number of aliphatic hydroxyl groups excluding tert-OH is 1. The van der Waals surface area contributed by atoms with Crippen LogP contribution in [-0.4, -0.2) is 35.3 Å². The van der Waals surface area contributed by atoms with Crippen molar-refractivity contribution in [3.8, 4) is 0 Å². The Morgan fingerprint density at radius 2 is 1.61 bits per heavy atom. The molecule has 0 rings (SSSR count). The molecular formula is C18H33BFNO2. The molecule has 0 aromatic carbocycles. The minimum atomic E-state index is -0.785. The zero-order valence-corrected chi connectivity index (χ0v) is 15.9. The Kier molecular flexibility index (Phi) is 10.7. The standard InChI is InChI=1S/C12H18BFO.C6H15NO/c1-5-9(11(15)7-3)12(14)8(4)10(13)6-2;1-5(2,7)6(3,4)8/h5-6,11,15H,7H2,1-4H3;8H,7H2,1-4H3/b9-5-,10-6+,12-8+;. The molecule has 1 unspecified atom stereocenters. The van der Waals surface area contributed by atoms with E-state index in [0.29, 0.717) is 23.0 Å². The van der Waals surface area contributed by atoms with Crippen molar-refractivity contribution < 1.29 is 14.6 Å². The smallest absolute Gasteiger partial charge is 0.130 e. The summed E-state index contributed by atoms with van der Waals surface area (Å²) in [7, 11) is 5.61. The van der Waals surface area contributed by atoms with E-state index >= 15 is 0 Å². The minimum Gasteiger partial charge on any atom is -0.389 e. The maximum Gasteiger partial charge on any atom is 0.130 e. The van der Waals surface area contributed by atoms with Crippen molar-refractivity contribution >= 4 is 7.85 Å². The molecule has 0 aromatic rings. The summed E-state index contributed by atoms with van der Waals surface area (Å²) in [6.07, 6.45) is 2.93. The van der Waals surface area contributed by atoms with Crippen LogP contribution in [0.15, 0.2) is 34.6 Å². The van der Waals surface area contributed by atoms with Gasteiger partial charge in [-0.25, -0.2) is 4.39 Å². The van der Waals surface area contributed by atoms with Crippen molar-refractivity contribution in [2.45, 2.75) is 79.1 Å². The van der Waals surface area contributed by atoms with Gasteiger partial charge in [-0.2, -0.15) is 0 Å². The number of halogens is 1. The molecule has 0 saturated carbocycles. The number of hydrogen-bond acceptors (Lipinski definition) is 3. The number of nitrogens with two attached hydrogens (primary N) is 1. The lowest BCUT2D eigenvalue weighted by atomic mass is 9.86. The Morgan fingerprint density at radius 1 is 1.22 bits per heavy atom. The normalized spacial score (nSPS) is 16.3. The first-order chi connectivity index (χ1) is 10.2. The highest BCUT2D eigenvalue weighted by Gasteiger charge is 2.30. The summed E-state index contributed by atoms with van der Waals surface area (Å²) in [6, 6.07) is 0. The van der Waals surface area contributed by atoms with Crippen LogP contribution in [0.3, 0.4) is 0 Å². The molecule has 23 heavy (non-hydrogen) atoms. The van der Waals surface area contributed by atoms with Crippen molar-refractivity contribution in [3.05, 3.63) is 34.6 Å². The highest BCUT2D eigenvalue weighted by Crippen LogP contribution is 2.24. The molecule has 0 aromatic heterocycles. The maximum absolute atomic E-state index is 13.9. The summed E-state index contributed by atoms with van der Waals surface area (Å²) >= 11 is 0. The zero-order valence-electron chi connectivity index (χ0n) is 15.9. The quantitative estimate of drug-likeness (QED) is 0.535. The van der Waals surface area contributed by atoms with Crippen LogP contribution in [0.2, 0.25) is 0 Å². The molecule has 5 heteroatoms. The fraction of sp³-hybridized carbons (Fsp3) is 0.667. The van der Waals surface area contributed by atoms with Crippen LogP contribution in [0.5, 0.6) is 0 Å². The highest BCUT2D eigenvalue weighted by molar-refractivity contribution is 6.24. The Hall–Kier alpha value is -0.905. The Bertz CT molecular complexity index is 443. The van der Waals surface area contributed by atoms with Crippen LogP contribution in [-0.2, 0) is 0 Å². The van der Waals surface area contributed by atoms with Gasteiger partial charge < -0.3 is 15.9 Å². The van der Waals surface area contributed by atoms with E-state index in [1.807, 2.05) is 0 Å². The summed E-state index contributed by atoms with van der Waals surface area (Å²) in [5.41, 5.74) is 5.35. The Labute approximate surface area is 142 Å². The number of rotatable bonds is 5. The molecule has 0 saturated heterocycles. The van der Waals surface area contributed by atoms with Gasteiger partial charge >= 0.3 is 0 Å². The Morgan fingerprint density at radius 3 is 1.83 bits per heavy atom. The van der Waals surface area contributed by atoms with Gasteiger partial charge in [-0.3, -0.25) is 0 Å². The summed E-state index contributed by atoms with van der Waals surface area (Å²) < 4.78 is 13.9. The first-order valence-electron chi connectivity index (χ1n) is 7.88. The van der Waals surface area contributed by atoms with Crippen LogP contribution in [0, 0.1) is 0 Å². The summed E-state index contributed by atoms with van der Waals surface area (Å²) in [5, 5.41) is 18.8. The molecule has 0 amide bonds. The van der Waals surface area contributed by atoms with Crippen molar-refractivity contribution in [1.29, 1.82) is 0 Å². The second-order valence-corrected chi connectivity index (χ2v) is 6.63. The van der Waals surface area contributed by atoms with Crippen molar-refractivity contribution in [3.63, 3.8) is 0 Å². The van der Waals surface area contributed by atoms with Gasteiger partial charge in [0.15, 0.2) is 0 Å². The van der Waals surface area contributed by atoms with Gasteiger partial charge in [-0.05, 0) is 60.5 Å². The number of allylic oxidation sites excluding steroid dienone is 4. The van der Waals surface area contributed by atoms with Gasteiger partial charge in [0.2, 0.25) is 0 Å². The maximum atomic E-state index is 13.9. The molecular weight excluding hydrogens is 292 g/mol. The van der Waals surface area contributed by atoms with E-state index in [2.05, 4.69) is 0 Å². The molecule has 0 aliphatic heterocycles. The van der Waals surface area contributed by atoms with Crippen molar-refractivity contribution in [2.75, 3.05) is 0 Å². The van der Waals surface area contributed by atoms with Crippen LogP contribution in [0.1, 0.15) is 61.8 Å². The van der Waals surface area contributed by atoms with Gasteiger partial charge in [0.05, 0.1) is 11.7 Å². The van der Waals surface area contributed by atoms with E-state index in [1.165, 1.54) is 0 Å². The second-order valence-electron chi connectivity index (χ2n) is 6.63. The molecule has 1 atom stereocenters. The van der Waals surface area contributed by atoms with E-state index in [1.54, 1.807) is 67.5 Å². The summed E-state index contributed by atoms with van der Waals surface area (Å²) in [4.78, 5) is 0. The Balaban J connectivity index is 0. The predicted octanol–water partition coefficient (Wildman–Crippen LogP) is 3.51. The highest BCUT2D eigenvalue weighted by atomic mass is 19.1. The second kappa shape index (κ2) is 10.1. The van der Waals surface area contributed by atoms with E-state index in [4.69, 9.17) is 13.6 Å². The number of hydrogen-bond donors (Lipinski definition) is 3. The van der Waals surface area contributed by atoms with Crippen molar-refractivity contribution in [2.24, 2.45) is 5.73 Å². The van der Waals surface area contributed by atoms with E-state index in [-0.39, 0.29) is 0 Å². The molecule has 0 spiro atoms. The van der Waals surface area contributed by atoms with Gasteiger partial charge in [0, 0.05) is 11.1 Å². The third-order valence-corrected chi connectivity index (χ3v) is 3.96. The molecule has 0 aliphatic rings. The summed E-state index contributed by atoms with van der Waals surface area (Å²) in [6.45, 7) is 13.9. The molecule has 0 aliphatic carbocycles. The monoisotopic (exact) mass is 325 g/mol. The third-order valence-electron chi connectivity index (χ3n) is 3.96. The van der Waals surface area contributed by atoms with Gasteiger partial charge in [-0.15, -0.1) is 0 Å². The van der Waals surface area contributed by atoms with E-state index in [0.717, 1.165) is 0 Å². The van der Waals surface area contributed by atoms with Crippen LogP contribution in [0.25, 0.3) is 0 Å². The predicted molar refractivity (Wildman–Crippen MR) is 97.9 cm³/mol. The molecule has 0 fully saturated rings. The molecule has 3 nitrogen and oxygen atoms in total. The average Bonchev–Trinajstić information content (AvgIpc) is 2.44. The summed E-state index contributed by atoms with van der Waals surface area (Å²) in [5.74, 6) is -0.428. The number of aliphatic hydroxyl groups is 2. The molecule has 132 valence electrons. The lowest BCUT2D eigenvalue weighted by Crippen LogP contribution is -2.52. The van der Waals surface area contributed by atoms with Gasteiger partial charge in [-0.1, -0.05) is 24.5 Å². The van der Waals surface area contributed by atoms with E-state index < -0.39 is 23.1 Å². The van der Waals surface area contributed by atoms with Gasteiger partial charge in [0.1, 0.15) is 13.7 Å². The molecule has 0 bridgehead atoms. The average molecular weight is 325 g/mol. The molecule has 2 radical (unpaired) electrons. The third kappa shape index (κ3) is 8.49. The van der Waals surface area contributed by atoms with Crippen LogP contribution < -0.4 is 5.73 Å². The lowest BCUT2D eigenvalue weighted by molar-refractivity contribution is 0.0144. The molecule has 0 heterocycles. The molecule has 4 N–H and O–H groups in total. The van der Waals surface area contributed by atoms with Crippen LogP contribution >= 0.6 is 0 Å². The first-order valence-corrected chi connectivity index (χ1v) is 7.88. The fourth-order valence-electron chi connectivity index (χ4n) is 1.25. The zero-order chi connectivity index (χ0) is 19.0. The topological polar surface area (TPSA) is 66.5 Å².